The first-order chi connectivity index (χ1) is 11.8. The number of anilines is 1. The van der Waals surface area contributed by atoms with E-state index in [0.717, 1.165) is 29.7 Å². The van der Waals surface area contributed by atoms with E-state index in [1.807, 2.05) is 24.3 Å². The second-order valence-corrected chi connectivity index (χ2v) is 6.47. The van der Waals surface area contributed by atoms with Crippen molar-refractivity contribution in [1.82, 2.24) is 15.1 Å². The van der Waals surface area contributed by atoms with Crippen LogP contribution in [0.15, 0.2) is 51.9 Å². The van der Waals surface area contributed by atoms with E-state index in [1.165, 1.54) is 11.9 Å². The molecule has 24 heavy (non-hydrogen) atoms. The minimum absolute atomic E-state index is 0.466. The number of nitrogens with zero attached hydrogens (tertiary/aromatic N) is 3. The Morgan fingerprint density at radius 2 is 2.00 bits per heavy atom. The number of halogens is 1. The Morgan fingerprint density at radius 1 is 1.12 bits per heavy atom. The van der Waals surface area contributed by atoms with Crippen molar-refractivity contribution in [1.29, 1.82) is 0 Å². The van der Waals surface area contributed by atoms with Crippen LogP contribution in [0.1, 0.15) is 5.56 Å². The van der Waals surface area contributed by atoms with Gasteiger partial charge in [0, 0.05) is 17.1 Å². The minimum Gasteiger partial charge on any atom is -0.369 e. The lowest BCUT2D eigenvalue weighted by atomic mass is 10.1. The van der Waals surface area contributed by atoms with E-state index in [2.05, 4.69) is 37.3 Å². The van der Waals surface area contributed by atoms with Gasteiger partial charge < -0.3 is 9.84 Å². The number of nitrogens with one attached hydrogen (secondary N) is 1. The normalized spacial score (nSPS) is 11.0. The summed E-state index contributed by atoms with van der Waals surface area (Å²) in [6.07, 6.45) is 2.41. The third-order valence-electron chi connectivity index (χ3n) is 3.68. The van der Waals surface area contributed by atoms with Crippen molar-refractivity contribution in [2.45, 2.75) is 6.42 Å². The van der Waals surface area contributed by atoms with Gasteiger partial charge in [-0.2, -0.15) is 16.3 Å². The molecule has 4 rings (SSSR count). The average Bonchev–Trinajstić information content (AvgIpc) is 3.25. The lowest BCUT2D eigenvalue weighted by Crippen LogP contribution is -2.06. The molecular formula is C17H13ClN4OS. The van der Waals surface area contributed by atoms with E-state index in [0.29, 0.717) is 16.4 Å². The Balaban J connectivity index is 1.65. The molecule has 0 unspecified atom stereocenters. The molecule has 0 saturated carbocycles. The maximum Gasteiger partial charge on any atom is 0.263 e. The molecule has 0 fully saturated rings. The molecule has 0 aliphatic carbocycles. The Morgan fingerprint density at radius 3 is 2.79 bits per heavy atom. The number of thiophene rings is 1. The monoisotopic (exact) mass is 356 g/mol. The van der Waals surface area contributed by atoms with Gasteiger partial charge in [0.25, 0.3) is 5.71 Å². The van der Waals surface area contributed by atoms with Crippen molar-refractivity contribution >= 4 is 39.9 Å². The molecule has 0 saturated heterocycles. The molecule has 0 aliphatic rings. The van der Waals surface area contributed by atoms with Gasteiger partial charge in [0.1, 0.15) is 23.2 Å². The van der Waals surface area contributed by atoms with Crippen LogP contribution in [0, 0.1) is 0 Å². The van der Waals surface area contributed by atoms with Crippen LogP contribution >= 0.6 is 22.9 Å². The van der Waals surface area contributed by atoms with Gasteiger partial charge in [0.2, 0.25) is 0 Å². The van der Waals surface area contributed by atoms with E-state index >= 15 is 0 Å². The summed E-state index contributed by atoms with van der Waals surface area (Å²) < 4.78 is 5.35. The Hall–Kier alpha value is -2.44. The number of rotatable bonds is 5. The quantitative estimate of drug-likeness (QED) is 0.563. The lowest BCUT2D eigenvalue weighted by molar-refractivity contribution is 0.451. The van der Waals surface area contributed by atoms with Crippen LogP contribution in [0.4, 0.5) is 5.82 Å². The molecule has 4 aromatic rings. The SMILES string of the molecule is Clc1ccc(-c2noc3ncnc(NCCc4ccsc4)c23)cc1. The number of fused-ring (bicyclic) bond motifs is 1. The summed E-state index contributed by atoms with van der Waals surface area (Å²) >= 11 is 7.66. The van der Waals surface area contributed by atoms with Crippen LogP contribution in [-0.4, -0.2) is 21.7 Å². The van der Waals surface area contributed by atoms with Crippen molar-refractivity contribution in [2.24, 2.45) is 0 Å². The molecule has 0 spiro atoms. The molecule has 3 heterocycles. The molecule has 0 bridgehead atoms. The third-order valence-corrected chi connectivity index (χ3v) is 4.66. The molecule has 0 aliphatic heterocycles. The molecule has 1 N–H and O–H groups in total. The van der Waals surface area contributed by atoms with E-state index in [4.69, 9.17) is 16.1 Å². The van der Waals surface area contributed by atoms with Crippen LogP contribution < -0.4 is 5.32 Å². The highest BCUT2D eigenvalue weighted by atomic mass is 35.5. The summed E-state index contributed by atoms with van der Waals surface area (Å²) in [5.41, 5.74) is 3.39. The van der Waals surface area contributed by atoms with E-state index in [1.54, 1.807) is 11.3 Å². The van der Waals surface area contributed by atoms with E-state index in [-0.39, 0.29) is 0 Å². The van der Waals surface area contributed by atoms with Crippen molar-refractivity contribution in [2.75, 3.05) is 11.9 Å². The van der Waals surface area contributed by atoms with Gasteiger partial charge in [-0.1, -0.05) is 28.9 Å². The first-order valence-electron chi connectivity index (χ1n) is 7.42. The molecule has 7 heteroatoms. The maximum atomic E-state index is 5.96. The summed E-state index contributed by atoms with van der Waals surface area (Å²) in [6, 6.07) is 9.58. The Bertz CT molecular complexity index is 951. The van der Waals surface area contributed by atoms with Crippen molar-refractivity contribution in [3.05, 3.63) is 58.0 Å². The summed E-state index contributed by atoms with van der Waals surface area (Å²) in [4.78, 5) is 8.51. The maximum absolute atomic E-state index is 5.96. The number of hydrogen-bond donors (Lipinski definition) is 1. The fourth-order valence-corrected chi connectivity index (χ4v) is 3.31. The van der Waals surface area contributed by atoms with Crippen LogP contribution in [0.25, 0.3) is 22.4 Å². The predicted molar refractivity (Wildman–Crippen MR) is 96.6 cm³/mol. The van der Waals surface area contributed by atoms with Crippen LogP contribution in [0.2, 0.25) is 5.02 Å². The zero-order chi connectivity index (χ0) is 16.4. The fraction of sp³-hybridized carbons (Fsp3) is 0.118. The summed E-state index contributed by atoms with van der Waals surface area (Å²) in [6.45, 7) is 0.772. The van der Waals surface area contributed by atoms with Gasteiger partial charge in [-0.05, 0) is 40.9 Å². The molecule has 0 amide bonds. The topological polar surface area (TPSA) is 63.8 Å². The zero-order valence-corrected chi connectivity index (χ0v) is 14.1. The van der Waals surface area contributed by atoms with Crippen molar-refractivity contribution in [3.8, 4) is 11.3 Å². The van der Waals surface area contributed by atoms with Gasteiger partial charge in [-0.25, -0.2) is 4.98 Å². The van der Waals surface area contributed by atoms with Crippen molar-refractivity contribution < 1.29 is 4.52 Å². The average molecular weight is 357 g/mol. The van der Waals surface area contributed by atoms with E-state index < -0.39 is 0 Å². The highest BCUT2D eigenvalue weighted by molar-refractivity contribution is 7.07. The number of hydrogen-bond acceptors (Lipinski definition) is 6. The molecule has 5 nitrogen and oxygen atoms in total. The third kappa shape index (κ3) is 2.98. The lowest BCUT2D eigenvalue weighted by Gasteiger charge is -2.06. The fourth-order valence-electron chi connectivity index (χ4n) is 2.49. The smallest absolute Gasteiger partial charge is 0.263 e. The predicted octanol–water partition coefficient (Wildman–Crippen LogP) is 4.65. The molecule has 0 radical (unpaired) electrons. The second-order valence-electron chi connectivity index (χ2n) is 5.25. The molecule has 3 aromatic heterocycles. The van der Waals surface area contributed by atoms with Crippen LogP contribution in [0.5, 0.6) is 0 Å². The number of benzene rings is 1. The number of aromatic nitrogens is 3. The molecular weight excluding hydrogens is 344 g/mol. The van der Waals surface area contributed by atoms with Gasteiger partial charge in [0.15, 0.2) is 0 Å². The van der Waals surface area contributed by atoms with Crippen LogP contribution in [-0.2, 0) is 6.42 Å². The van der Waals surface area contributed by atoms with Gasteiger partial charge in [0.05, 0.1) is 0 Å². The first-order valence-corrected chi connectivity index (χ1v) is 8.74. The largest absolute Gasteiger partial charge is 0.369 e. The van der Waals surface area contributed by atoms with Gasteiger partial charge in [-0.3, -0.25) is 0 Å². The summed E-state index contributed by atoms with van der Waals surface area (Å²) in [7, 11) is 0. The van der Waals surface area contributed by atoms with E-state index in [9.17, 15) is 0 Å². The van der Waals surface area contributed by atoms with Crippen LogP contribution in [0.3, 0.4) is 0 Å². The summed E-state index contributed by atoms with van der Waals surface area (Å²) in [5.74, 6) is 0.724. The molecule has 0 atom stereocenters. The minimum atomic E-state index is 0.466. The van der Waals surface area contributed by atoms with Gasteiger partial charge >= 0.3 is 0 Å². The van der Waals surface area contributed by atoms with Gasteiger partial charge in [-0.15, -0.1) is 0 Å². The second kappa shape index (κ2) is 6.59. The Kier molecular flexibility index (Phi) is 4.15. The highest BCUT2D eigenvalue weighted by Crippen LogP contribution is 2.31. The zero-order valence-electron chi connectivity index (χ0n) is 12.6. The van der Waals surface area contributed by atoms with Crippen molar-refractivity contribution in [3.63, 3.8) is 0 Å². The first kappa shape index (κ1) is 15.1. The molecule has 1 aromatic carbocycles. The highest BCUT2D eigenvalue weighted by Gasteiger charge is 2.16. The summed E-state index contributed by atoms with van der Waals surface area (Å²) in [5, 5.41) is 13.2. The Labute approximate surface area is 147 Å². The standard InChI is InChI=1S/C17H13ClN4OS/c18-13-3-1-12(2-4-13)15-14-16(20-10-21-17(14)23-22-15)19-7-5-11-6-8-24-9-11/h1-4,6,8-10H,5,7H2,(H,19,20,21). The molecule has 120 valence electrons.